The number of benzene rings is 2. The van der Waals surface area contributed by atoms with Gasteiger partial charge >= 0.3 is 0 Å². The van der Waals surface area contributed by atoms with Gasteiger partial charge in [0, 0.05) is 36.7 Å². The Bertz CT molecular complexity index is 1270. The number of amides is 2. The summed E-state index contributed by atoms with van der Waals surface area (Å²) >= 11 is 6.25. The highest BCUT2D eigenvalue weighted by Crippen LogP contribution is 2.35. The monoisotopic (exact) mass is 481 g/mol. The molecule has 1 atom stereocenters. The summed E-state index contributed by atoms with van der Waals surface area (Å²) in [4.78, 5) is 39.8. The zero-order valence-electron chi connectivity index (χ0n) is 18.0. The smallest absolute Gasteiger partial charge is 0.270 e. The highest BCUT2D eigenvalue weighted by Gasteiger charge is 2.42. The van der Waals surface area contributed by atoms with Crippen molar-refractivity contribution in [2.75, 3.05) is 11.4 Å². The zero-order valence-corrected chi connectivity index (χ0v) is 18.7. The third-order valence-corrected chi connectivity index (χ3v) is 6.28. The maximum atomic E-state index is 13.4. The number of halogens is 1. The lowest BCUT2D eigenvalue weighted by Gasteiger charge is -2.24. The van der Waals surface area contributed by atoms with Crippen molar-refractivity contribution in [1.29, 1.82) is 0 Å². The summed E-state index contributed by atoms with van der Waals surface area (Å²) in [5.41, 5.74) is 0.941. The average Bonchev–Trinajstić information content (AvgIpc) is 3.44. The second-order valence-electron chi connectivity index (χ2n) is 8.36. The third-order valence-electron chi connectivity index (χ3n) is 5.96. The molecule has 1 aliphatic carbocycles. The van der Waals surface area contributed by atoms with E-state index in [0.717, 1.165) is 12.8 Å². The SMILES string of the molecule is O=C1C[C@@H](C(=O)N(Cc2nnc(-c3cccc([N+](=O)[O-])c3)o2)C2CC2)CN1c1ccccc1Cl. The number of non-ortho nitro benzene ring substituents is 1. The van der Waals surface area contributed by atoms with Crippen LogP contribution in [0.15, 0.2) is 52.9 Å². The van der Waals surface area contributed by atoms with E-state index in [-0.39, 0.29) is 54.8 Å². The Morgan fingerprint density at radius 2 is 2.00 bits per heavy atom. The molecule has 2 heterocycles. The predicted molar refractivity (Wildman–Crippen MR) is 122 cm³/mol. The number of aromatic nitrogens is 2. The van der Waals surface area contributed by atoms with Crippen LogP contribution in [0.1, 0.15) is 25.2 Å². The van der Waals surface area contributed by atoms with Crippen molar-refractivity contribution >= 4 is 34.8 Å². The summed E-state index contributed by atoms with van der Waals surface area (Å²) in [6, 6.07) is 13.0. The molecule has 0 unspecified atom stereocenters. The lowest BCUT2D eigenvalue weighted by atomic mass is 10.1. The van der Waals surface area contributed by atoms with Crippen LogP contribution in [-0.2, 0) is 16.1 Å². The van der Waals surface area contributed by atoms with Crippen molar-refractivity contribution in [3.05, 3.63) is 69.6 Å². The molecule has 34 heavy (non-hydrogen) atoms. The van der Waals surface area contributed by atoms with Crippen LogP contribution in [0, 0.1) is 16.0 Å². The van der Waals surface area contributed by atoms with E-state index in [9.17, 15) is 19.7 Å². The fourth-order valence-corrected chi connectivity index (χ4v) is 4.35. The highest BCUT2D eigenvalue weighted by molar-refractivity contribution is 6.33. The third kappa shape index (κ3) is 4.36. The molecular weight excluding hydrogens is 462 g/mol. The number of para-hydroxylation sites is 1. The molecule has 1 aromatic heterocycles. The van der Waals surface area contributed by atoms with Gasteiger partial charge in [-0.05, 0) is 31.0 Å². The molecule has 1 saturated heterocycles. The second kappa shape index (κ2) is 8.86. The standard InChI is InChI=1S/C23H20ClN5O5/c24-18-6-1-2-7-19(18)28-12-15(11-21(28)30)23(31)27(16-8-9-16)13-20-25-26-22(34-20)14-4-3-5-17(10-14)29(32)33/h1-7,10,15-16H,8-9,11-13H2/t15-/m1/s1. The molecule has 0 N–H and O–H groups in total. The van der Waals surface area contributed by atoms with E-state index < -0.39 is 10.8 Å². The van der Waals surface area contributed by atoms with E-state index in [0.29, 0.717) is 16.3 Å². The predicted octanol–water partition coefficient (Wildman–Crippen LogP) is 3.84. The van der Waals surface area contributed by atoms with Gasteiger partial charge in [0.25, 0.3) is 5.69 Å². The zero-order chi connectivity index (χ0) is 23.8. The maximum Gasteiger partial charge on any atom is 0.270 e. The molecule has 1 aliphatic heterocycles. The minimum absolute atomic E-state index is 0.0603. The minimum atomic E-state index is -0.497. The summed E-state index contributed by atoms with van der Waals surface area (Å²) in [5, 5.41) is 19.5. The molecule has 2 amide bonds. The van der Waals surface area contributed by atoms with Gasteiger partial charge in [-0.25, -0.2) is 0 Å². The Labute approximate surface area is 199 Å². The molecule has 2 aromatic carbocycles. The van der Waals surface area contributed by atoms with Crippen molar-refractivity contribution in [2.24, 2.45) is 5.92 Å². The normalized spacial score (nSPS) is 17.7. The summed E-state index contributed by atoms with van der Waals surface area (Å²) in [5.74, 6) is -0.408. The van der Waals surface area contributed by atoms with Gasteiger partial charge in [0.2, 0.25) is 23.6 Å². The van der Waals surface area contributed by atoms with Crippen LogP contribution in [0.5, 0.6) is 0 Å². The molecule has 3 aromatic rings. The molecule has 0 bridgehead atoms. The van der Waals surface area contributed by atoms with E-state index in [1.165, 1.54) is 12.1 Å². The molecular formula is C23H20ClN5O5. The van der Waals surface area contributed by atoms with Gasteiger partial charge in [-0.3, -0.25) is 19.7 Å². The van der Waals surface area contributed by atoms with Crippen molar-refractivity contribution in [1.82, 2.24) is 15.1 Å². The van der Waals surface area contributed by atoms with Crippen molar-refractivity contribution in [2.45, 2.75) is 31.8 Å². The first-order chi connectivity index (χ1) is 16.4. The quantitative estimate of drug-likeness (QED) is 0.371. The van der Waals surface area contributed by atoms with Gasteiger partial charge in [0.05, 0.1) is 28.1 Å². The van der Waals surface area contributed by atoms with Gasteiger partial charge in [0.1, 0.15) is 0 Å². The average molecular weight is 482 g/mol. The van der Waals surface area contributed by atoms with Crippen molar-refractivity contribution in [3.63, 3.8) is 0 Å². The van der Waals surface area contributed by atoms with Crippen LogP contribution >= 0.6 is 11.6 Å². The van der Waals surface area contributed by atoms with Gasteiger partial charge in [0.15, 0.2) is 0 Å². The number of carbonyl (C=O) groups excluding carboxylic acids is 2. The van der Waals surface area contributed by atoms with E-state index in [1.807, 2.05) is 0 Å². The van der Waals surface area contributed by atoms with Crippen LogP contribution < -0.4 is 4.90 Å². The van der Waals surface area contributed by atoms with E-state index in [2.05, 4.69) is 10.2 Å². The lowest BCUT2D eigenvalue weighted by molar-refractivity contribution is -0.384. The molecule has 0 spiro atoms. The lowest BCUT2D eigenvalue weighted by Crippen LogP contribution is -2.38. The first-order valence-electron chi connectivity index (χ1n) is 10.8. The minimum Gasteiger partial charge on any atom is -0.419 e. The number of hydrogen-bond acceptors (Lipinski definition) is 7. The summed E-state index contributed by atoms with van der Waals surface area (Å²) in [6.07, 6.45) is 1.84. The number of hydrogen-bond donors (Lipinski definition) is 0. The van der Waals surface area contributed by atoms with Crippen LogP contribution in [0.3, 0.4) is 0 Å². The summed E-state index contributed by atoms with van der Waals surface area (Å²) < 4.78 is 5.72. The fraction of sp³-hybridized carbons (Fsp3) is 0.304. The topological polar surface area (TPSA) is 123 Å². The molecule has 0 radical (unpaired) electrons. The molecule has 174 valence electrons. The summed E-state index contributed by atoms with van der Waals surface area (Å²) in [7, 11) is 0. The number of nitrogens with zero attached hydrogens (tertiary/aromatic N) is 5. The number of nitro groups is 1. The molecule has 10 nitrogen and oxygen atoms in total. The number of nitro benzene ring substituents is 1. The van der Waals surface area contributed by atoms with E-state index in [4.69, 9.17) is 16.0 Å². The largest absolute Gasteiger partial charge is 0.419 e. The van der Waals surface area contributed by atoms with Crippen molar-refractivity contribution < 1.29 is 18.9 Å². The van der Waals surface area contributed by atoms with E-state index in [1.54, 1.807) is 46.2 Å². The van der Waals surface area contributed by atoms with Gasteiger partial charge in [-0.2, -0.15) is 0 Å². The van der Waals surface area contributed by atoms with Gasteiger partial charge < -0.3 is 14.2 Å². The Hall–Kier alpha value is -3.79. The van der Waals surface area contributed by atoms with Crippen LogP contribution in [0.2, 0.25) is 5.02 Å². The molecule has 2 aliphatic rings. The number of carbonyl (C=O) groups is 2. The highest BCUT2D eigenvalue weighted by atomic mass is 35.5. The summed E-state index contributed by atoms with van der Waals surface area (Å²) in [6.45, 7) is 0.371. The molecule has 2 fully saturated rings. The Balaban J connectivity index is 1.31. The first kappa shape index (κ1) is 22.0. The van der Waals surface area contributed by atoms with Crippen LogP contribution in [0.4, 0.5) is 11.4 Å². The van der Waals surface area contributed by atoms with Crippen LogP contribution in [0.25, 0.3) is 11.5 Å². The second-order valence-corrected chi connectivity index (χ2v) is 8.77. The maximum absolute atomic E-state index is 13.4. The van der Waals surface area contributed by atoms with Crippen molar-refractivity contribution in [3.8, 4) is 11.5 Å². The first-order valence-corrected chi connectivity index (χ1v) is 11.2. The molecule has 1 saturated carbocycles. The Kier molecular flexibility index (Phi) is 5.74. The van der Waals surface area contributed by atoms with Gasteiger partial charge in [-0.15, -0.1) is 10.2 Å². The van der Waals surface area contributed by atoms with Gasteiger partial charge in [-0.1, -0.05) is 29.8 Å². The number of anilines is 1. The Morgan fingerprint density at radius 1 is 1.21 bits per heavy atom. The fourth-order valence-electron chi connectivity index (χ4n) is 4.12. The van der Waals surface area contributed by atoms with E-state index >= 15 is 0 Å². The molecule has 5 rings (SSSR count). The number of rotatable bonds is 7. The molecule has 11 heteroatoms. The Morgan fingerprint density at radius 3 is 2.74 bits per heavy atom. The van der Waals surface area contributed by atoms with Crippen LogP contribution in [-0.4, -0.2) is 44.4 Å².